The molecule has 0 saturated carbocycles. The molecule has 2 heterocycles. The van der Waals surface area contributed by atoms with Crippen LogP contribution in [0.25, 0.3) is 16.6 Å². The lowest BCUT2D eigenvalue weighted by atomic mass is 10.1. The van der Waals surface area contributed by atoms with Gasteiger partial charge in [0.15, 0.2) is 0 Å². The Kier molecular flexibility index (Phi) is 12.2. The Morgan fingerprint density at radius 2 is 1.56 bits per heavy atom. The maximum atomic E-state index is 14.2. The van der Waals surface area contributed by atoms with E-state index in [1.165, 1.54) is 73.7 Å². The molecule has 1 aromatic heterocycles. The van der Waals surface area contributed by atoms with Gasteiger partial charge in [-0.3, -0.25) is 9.59 Å². The SMILES string of the molecule is CCN(C(=O)c1cn(-c2cc(OC)cc(N(C)C)c2)c2cc(OCCCCCCC[N+]3(C)CCCCC3)ccc2c1=O)c1cc(F)cc(F)c1. The summed E-state index contributed by atoms with van der Waals surface area (Å²) in [7, 11) is 7.81. The van der Waals surface area contributed by atoms with Crippen molar-refractivity contribution in [1.82, 2.24) is 4.57 Å². The molecule has 1 amide bonds. The van der Waals surface area contributed by atoms with E-state index in [1.807, 2.05) is 43.3 Å². The summed E-state index contributed by atoms with van der Waals surface area (Å²) in [6.45, 7) is 6.23. The topological polar surface area (TPSA) is 64.0 Å². The monoisotopic (exact) mass is 689 g/mol. The average Bonchev–Trinajstić information content (AvgIpc) is 3.09. The minimum atomic E-state index is -0.814. The van der Waals surface area contributed by atoms with E-state index < -0.39 is 23.0 Å². The molecule has 1 saturated heterocycles. The van der Waals surface area contributed by atoms with E-state index >= 15 is 0 Å². The zero-order valence-electron chi connectivity index (χ0n) is 30.1. The summed E-state index contributed by atoms with van der Waals surface area (Å²) in [5, 5.41) is 0.309. The van der Waals surface area contributed by atoms with E-state index in [0.717, 1.165) is 36.7 Å². The number of carbonyl (C=O) groups is 1. The predicted octanol–water partition coefficient (Wildman–Crippen LogP) is 7.97. The van der Waals surface area contributed by atoms with Crippen molar-refractivity contribution in [2.75, 3.05) is 70.8 Å². The number of hydrogen-bond donors (Lipinski definition) is 0. The van der Waals surface area contributed by atoms with Crippen LogP contribution in [0.5, 0.6) is 11.5 Å². The number of benzene rings is 3. The fourth-order valence-electron chi connectivity index (χ4n) is 6.94. The number of pyridine rings is 1. The Balaban J connectivity index is 1.40. The highest BCUT2D eigenvalue weighted by molar-refractivity contribution is 6.07. The van der Waals surface area contributed by atoms with E-state index in [2.05, 4.69) is 7.05 Å². The second-order valence-corrected chi connectivity index (χ2v) is 13.8. The predicted molar refractivity (Wildman–Crippen MR) is 197 cm³/mol. The molecule has 4 aromatic rings. The lowest BCUT2D eigenvalue weighted by molar-refractivity contribution is -0.914. The molecule has 0 N–H and O–H groups in total. The summed E-state index contributed by atoms with van der Waals surface area (Å²) in [6, 6.07) is 13.8. The molecule has 0 spiro atoms. The van der Waals surface area contributed by atoms with Crippen molar-refractivity contribution < 1.29 is 27.5 Å². The zero-order valence-corrected chi connectivity index (χ0v) is 30.1. The van der Waals surface area contributed by atoms with Crippen LogP contribution in [0.15, 0.2) is 65.6 Å². The van der Waals surface area contributed by atoms with Gasteiger partial charge < -0.3 is 28.3 Å². The summed E-state index contributed by atoms with van der Waals surface area (Å²) in [4.78, 5) is 31.1. The second-order valence-electron chi connectivity index (χ2n) is 13.8. The Morgan fingerprint density at radius 1 is 0.860 bits per heavy atom. The fourth-order valence-corrected chi connectivity index (χ4v) is 6.94. The highest BCUT2D eigenvalue weighted by Gasteiger charge is 2.25. The van der Waals surface area contributed by atoms with Crippen LogP contribution in [-0.2, 0) is 0 Å². The summed E-state index contributed by atoms with van der Waals surface area (Å²) in [5.74, 6) is -1.08. The molecule has 50 heavy (non-hydrogen) atoms. The van der Waals surface area contributed by atoms with Crippen molar-refractivity contribution in [3.05, 3.63) is 88.2 Å². The van der Waals surface area contributed by atoms with Crippen molar-refractivity contribution in [2.45, 2.75) is 58.3 Å². The van der Waals surface area contributed by atoms with E-state index in [4.69, 9.17) is 9.47 Å². The van der Waals surface area contributed by atoms with Crippen LogP contribution < -0.4 is 24.7 Å². The summed E-state index contributed by atoms with van der Waals surface area (Å²) in [6.07, 6.45) is 11.3. The van der Waals surface area contributed by atoms with E-state index in [9.17, 15) is 18.4 Å². The molecule has 268 valence electrons. The molecule has 0 unspecified atom stereocenters. The molecular formula is C40H51F2N4O4+. The van der Waals surface area contributed by atoms with Gasteiger partial charge in [0.1, 0.15) is 28.7 Å². The van der Waals surface area contributed by atoms with Crippen molar-refractivity contribution in [1.29, 1.82) is 0 Å². The van der Waals surface area contributed by atoms with E-state index in [-0.39, 0.29) is 17.8 Å². The number of nitrogens with zero attached hydrogens (tertiary/aromatic N) is 4. The number of aromatic nitrogens is 1. The van der Waals surface area contributed by atoms with Crippen LogP contribution >= 0.6 is 0 Å². The summed E-state index contributed by atoms with van der Waals surface area (Å²) in [5.41, 5.74) is 1.46. The van der Waals surface area contributed by atoms with Gasteiger partial charge in [0, 0.05) is 67.9 Å². The maximum Gasteiger partial charge on any atom is 0.263 e. The molecule has 3 aromatic carbocycles. The normalized spacial score (nSPS) is 14.1. The van der Waals surface area contributed by atoms with Crippen LogP contribution in [0.3, 0.4) is 0 Å². The van der Waals surface area contributed by atoms with Gasteiger partial charge in [0.05, 0.1) is 51.6 Å². The minimum Gasteiger partial charge on any atom is -0.497 e. The number of halogens is 2. The van der Waals surface area contributed by atoms with Gasteiger partial charge in [-0.15, -0.1) is 0 Å². The third-order valence-corrected chi connectivity index (χ3v) is 9.84. The Morgan fingerprint density at radius 3 is 2.24 bits per heavy atom. The third kappa shape index (κ3) is 8.82. The van der Waals surface area contributed by atoms with Crippen molar-refractivity contribution >= 4 is 28.2 Å². The Labute approximate surface area is 294 Å². The quantitative estimate of drug-likeness (QED) is 0.0936. The number of unbranched alkanes of at least 4 members (excludes halogenated alkanes) is 4. The number of piperidine rings is 1. The molecule has 8 nitrogen and oxygen atoms in total. The first-order chi connectivity index (χ1) is 24.0. The van der Waals surface area contributed by atoms with Gasteiger partial charge >= 0.3 is 0 Å². The van der Waals surface area contributed by atoms with Crippen molar-refractivity contribution in [3.63, 3.8) is 0 Å². The molecule has 5 rings (SSSR count). The van der Waals surface area contributed by atoms with Gasteiger partial charge in [-0.2, -0.15) is 0 Å². The summed E-state index contributed by atoms with van der Waals surface area (Å²) >= 11 is 0. The van der Waals surface area contributed by atoms with Gasteiger partial charge in [-0.05, 0) is 75.8 Å². The lowest BCUT2D eigenvalue weighted by Crippen LogP contribution is -2.48. The average molecular weight is 690 g/mol. The first-order valence-electron chi connectivity index (χ1n) is 17.8. The number of rotatable bonds is 15. The minimum absolute atomic E-state index is 0.0266. The molecule has 0 aliphatic carbocycles. The molecule has 1 fully saturated rings. The third-order valence-electron chi connectivity index (χ3n) is 9.84. The van der Waals surface area contributed by atoms with Crippen molar-refractivity contribution in [2.24, 2.45) is 0 Å². The highest BCUT2D eigenvalue weighted by Crippen LogP contribution is 2.30. The molecule has 0 bridgehead atoms. The number of fused-ring (bicyclic) bond motifs is 1. The second kappa shape index (κ2) is 16.5. The number of likely N-dealkylation sites (tertiary alicyclic amines) is 1. The molecule has 10 heteroatoms. The number of amides is 1. The van der Waals surface area contributed by atoms with Crippen LogP contribution in [0.2, 0.25) is 0 Å². The lowest BCUT2D eigenvalue weighted by Gasteiger charge is -2.37. The number of anilines is 2. The molecule has 1 aliphatic heterocycles. The Bertz CT molecular complexity index is 1830. The maximum absolute atomic E-state index is 14.2. The Hall–Kier alpha value is -4.44. The highest BCUT2D eigenvalue weighted by atomic mass is 19.1. The smallest absolute Gasteiger partial charge is 0.263 e. The largest absolute Gasteiger partial charge is 0.497 e. The van der Waals surface area contributed by atoms with Gasteiger partial charge in [-0.1, -0.05) is 12.8 Å². The van der Waals surface area contributed by atoms with E-state index in [0.29, 0.717) is 34.7 Å². The number of carbonyl (C=O) groups excluding carboxylic acids is 1. The summed E-state index contributed by atoms with van der Waals surface area (Å²) < 4.78 is 43.1. The van der Waals surface area contributed by atoms with Gasteiger partial charge in [-0.25, -0.2) is 8.78 Å². The first-order valence-corrected chi connectivity index (χ1v) is 17.8. The zero-order chi connectivity index (χ0) is 35.8. The number of quaternary nitrogens is 1. The number of ether oxygens (including phenoxy) is 2. The fraction of sp³-hybridized carbons (Fsp3) is 0.450. The van der Waals surface area contributed by atoms with Crippen molar-refractivity contribution in [3.8, 4) is 17.2 Å². The molecule has 0 atom stereocenters. The molecular weight excluding hydrogens is 638 g/mol. The number of hydrogen-bond acceptors (Lipinski definition) is 5. The van der Waals surface area contributed by atoms with Crippen LogP contribution in [0.4, 0.5) is 20.2 Å². The first kappa shape index (κ1) is 36.8. The van der Waals surface area contributed by atoms with Crippen LogP contribution in [0.1, 0.15) is 68.6 Å². The van der Waals surface area contributed by atoms with E-state index in [1.54, 1.807) is 30.7 Å². The number of methoxy groups -OCH3 is 1. The van der Waals surface area contributed by atoms with Gasteiger partial charge in [0.25, 0.3) is 5.91 Å². The standard InChI is InChI=1S/C40H51F2N4O4/c1-6-44(32-22-29(41)21-30(42)23-32)40(48)37-28-45(33-24-31(43(2)3)25-35(26-33)49-5)38-27-34(15-16-36(38)39(37)47)50-20-14-9-7-8-11-17-46(4)18-12-10-13-19-46/h15-16,21-28H,6-14,17-20H2,1-5H3/q+1. The molecule has 0 radical (unpaired) electrons. The van der Waals surface area contributed by atoms with Crippen LogP contribution in [0, 0.1) is 11.6 Å². The molecule has 1 aliphatic rings. The van der Waals surface area contributed by atoms with Gasteiger partial charge in [0.2, 0.25) is 5.43 Å². The van der Waals surface area contributed by atoms with Crippen LogP contribution in [-0.4, -0.2) is 76.0 Å².